The maximum atomic E-state index is 14.0. The lowest BCUT2D eigenvalue weighted by Gasteiger charge is -2.28. The van der Waals surface area contributed by atoms with Crippen molar-refractivity contribution in [2.75, 3.05) is 12.0 Å². The summed E-state index contributed by atoms with van der Waals surface area (Å²) in [6, 6.07) is 10.9. The van der Waals surface area contributed by atoms with E-state index in [9.17, 15) is 18.8 Å². The topological polar surface area (TPSA) is 88.1 Å². The van der Waals surface area contributed by atoms with Gasteiger partial charge in [0.15, 0.2) is 5.92 Å². The second-order valence-electron chi connectivity index (χ2n) is 5.37. The van der Waals surface area contributed by atoms with Crippen molar-refractivity contribution in [3.05, 3.63) is 54.3 Å². The van der Waals surface area contributed by atoms with E-state index in [-0.39, 0.29) is 5.69 Å². The van der Waals surface area contributed by atoms with Gasteiger partial charge in [-0.2, -0.15) is 0 Å². The quantitative estimate of drug-likeness (QED) is 0.674. The van der Waals surface area contributed by atoms with Crippen LogP contribution in [0.3, 0.4) is 0 Å². The van der Waals surface area contributed by atoms with Crippen LogP contribution in [0.2, 0.25) is 0 Å². The first-order valence-corrected chi connectivity index (χ1v) is 7.63. The predicted octanol–water partition coefficient (Wildman–Crippen LogP) is 2.44. The van der Waals surface area contributed by atoms with Gasteiger partial charge >= 0.3 is 6.03 Å². The summed E-state index contributed by atoms with van der Waals surface area (Å²) in [7, 11) is 1.53. The van der Waals surface area contributed by atoms with Crippen LogP contribution in [0.25, 0.3) is 0 Å². The second-order valence-corrected chi connectivity index (χ2v) is 5.37. The number of hydrogen-bond donors (Lipinski definition) is 1. The van der Waals surface area contributed by atoms with Gasteiger partial charge in [-0.25, -0.2) is 14.1 Å². The molecule has 132 valence electrons. The largest absolute Gasteiger partial charge is 0.497 e. The molecule has 2 aromatic carbocycles. The monoisotopic (exact) mass is 355 g/mol. The highest BCUT2D eigenvalue weighted by Crippen LogP contribution is 2.24. The van der Waals surface area contributed by atoms with E-state index in [2.05, 4.69) is 4.99 Å². The molecule has 26 heavy (non-hydrogen) atoms. The Labute approximate surface area is 148 Å². The zero-order valence-electron chi connectivity index (χ0n) is 13.7. The molecule has 3 rings (SSSR count). The standard InChI is InChI=1S/C18H14FN3O4/c1-26-12-8-6-11(7-9-12)20-10-13-16(23)21-18(25)22(17(13)24)15-5-3-2-4-14(15)19/h2-10,13H,1H3,(H,21,23,25)/t13-/m0/s1. The first-order chi connectivity index (χ1) is 12.5. The summed E-state index contributed by atoms with van der Waals surface area (Å²) in [4.78, 5) is 41.3. The number of methoxy groups -OCH3 is 1. The molecule has 1 aliphatic rings. The average molecular weight is 355 g/mol. The molecule has 0 saturated carbocycles. The number of nitrogens with one attached hydrogen (secondary N) is 1. The lowest BCUT2D eigenvalue weighted by Crippen LogP contribution is -2.58. The van der Waals surface area contributed by atoms with E-state index in [1.807, 2.05) is 5.32 Å². The molecule has 0 aliphatic carbocycles. The van der Waals surface area contributed by atoms with E-state index >= 15 is 0 Å². The first kappa shape index (κ1) is 17.3. The van der Waals surface area contributed by atoms with Crippen molar-refractivity contribution in [2.45, 2.75) is 0 Å². The van der Waals surface area contributed by atoms with Crippen LogP contribution >= 0.6 is 0 Å². The number of nitrogens with zero attached hydrogens (tertiary/aromatic N) is 2. The number of hydrogen-bond acceptors (Lipinski definition) is 5. The van der Waals surface area contributed by atoms with Crippen molar-refractivity contribution < 1.29 is 23.5 Å². The van der Waals surface area contributed by atoms with Gasteiger partial charge in [0.05, 0.1) is 18.5 Å². The Morgan fingerprint density at radius 3 is 2.46 bits per heavy atom. The van der Waals surface area contributed by atoms with Gasteiger partial charge < -0.3 is 4.74 Å². The molecule has 1 saturated heterocycles. The molecule has 2 aromatic rings. The summed E-state index contributed by atoms with van der Waals surface area (Å²) in [5.74, 6) is -3.16. The molecule has 0 bridgehead atoms. The average Bonchev–Trinajstić information content (AvgIpc) is 2.63. The van der Waals surface area contributed by atoms with Gasteiger partial charge in [-0.1, -0.05) is 12.1 Å². The van der Waals surface area contributed by atoms with Gasteiger partial charge in [0.25, 0.3) is 5.91 Å². The molecule has 1 N–H and O–H groups in total. The van der Waals surface area contributed by atoms with Crippen LogP contribution in [0.15, 0.2) is 53.5 Å². The van der Waals surface area contributed by atoms with E-state index in [0.717, 1.165) is 12.3 Å². The third kappa shape index (κ3) is 3.30. The van der Waals surface area contributed by atoms with Gasteiger partial charge in [-0.15, -0.1) is 0 Å². The zero-order valence-corrected chi connectivity index (χ0v) is 13.7. The van der Waals surface area contributed by atoms with Gasteiger partial charge in [0.1, 0.15) is 11.6 Å². The fraction of sp³-hybridized carbons (Fsp3) is 0.111. The predicted molar refractivity (Wildman–Crippen MR) is 92.1 cm³/mol. The van der Waals surface area contributed by atoms with E-state index in [1.165, 1.54) is 25.3 Å². The fourth-order valence-corrected chi connectivity index (χ4v) is 2.41. The molecule has 1 aliphatic heterocycles. The van der Waals surface area contributed by atoms with E-state index in [4.69, 9.17) is 4.74 Å². The Hall–Kier alpha value is -3.55. The molecule has 1 atom stereocenters. The lowest BCUT2D eigenvalue weighted by molar-refractivity contribution is -0.131. The number of ether oxygens (including phenoxy) is 1. The molecule has 0 unspecified atom stereocenters. The molecule has 7 nitrogen and oxygen atoms in total. The van der Waals surface area contributed by atoms with E-state index < -0.39 is 29.6 Å². The van der Waals surface area contributed by atoms with Gasteiger partial charge in [0, 0.05) is 6.21 Å². The number of aliphatic imine (C=N–C) groups is 1. The van der Waals surface area contributed by atoms with Crippen LogP contribution in [-0.2, 0) is 9.59 Å². The molecule has 4 amide bonds. The van der Waals surface area contributed by atoms with Crippen molar-refractivity contribution in [1.29, 1.82) is 0 Å². The number of carbonyl (C=O) groups is 3. The van der Waals surface area contributed by atoms with Crippen LogP contribution in [-0.4, -0.2) is 31.2 Å². The third-order valence-electron chi connectivity index (χ3n) is 3.74. The van der Waals surface area contributed by atoms with Crippen molar-refractivity contribution in [3.63, 3.8) is 0 Å². The molecule has 0 aromatic heterocycles. The highest BCUT2D eigenvalue weighted by atomic mass is 19.1. The number of urea groups is 1. The molecule has 8 heteroatoms. The minimum atomic E-state index is -1.35. The van der Waals surface area contributed by atoms with E-state index in [1.54, 1.807) is 24.3 Å². The smallest absolute Gasteiger partial charge is 0.335 e. The van der Waals surface area contributed by atoms with E-state index in [0.29, 0.717) is 16.3 Å². The molecular weight excluding hydrogens is 341 g/mol. The van der Waals surface area contributed by atoms with Crippen LogP contribution in [0.4, 0.5) is 20.6 Å². The minimum Gasteiger partial charge on any atom is -0.497 e. The van der Waals surface area contributed by atoms with Crippen molar-refractivity contribution in [3.8, 4) is 5.75 Å². The summed E-state index contributed by atoms with van der Waals surface area (Å²) in [5.41, 5.74) is 0.256. The Balaban J connectivity index is 1.87. The lowest BCUT2D eigenvalue weighted by atomic mass is 10.1. The Morgan fingerprint density at radius 1 is 1.12 bits per heavy atom. The summed E-state index contributed by atoms with van der Waals surface area (Å²) >= 11 is 0. The van der Waals surface area contributed by atoms with Crippen LogP contribution in [0.5, 0.6) is 5.75 Å². The Bertz CT molecular complexity index is 896. The molecule has 0 radical (unpaired) electrons. The number of para-hydroxylation sites is 1. The number of barbiturate groups is 1. The fourth-order valence-electron chi connectivity index (χ4n) is 2.41. The number of amides is 4. The zero-order chi connectivity index (χ0) is 18.7. The highest BCUT2D eigenvalue weighted by molar-refractivity contribution is 6.32. The van der Waals surface area contributed by atoms with Crippen molar-refractivity contribution in [2.24, 2.45) is 10.9 Å². The second kappa shape index (κ2) is 7.14. The third-order valence-corrected chi connectivity index (χ3v) is 3.74. The minimum absolute atomic E-state index is 0.231. The molecule has 1 fully saturated rings. The number of imide groups is 2. The molecular formula is C18H14FN3O4. The van der Waals surface area contributed by atoms with Gasteiger partial charge in [0.2, 0.25) is 5.91 Å². The number of halogens is 1. The Morgan fingerprint density at radius 2 is 1.81 bits per heavy atom. The van der Waals surface area contributed by atoms with Gasteiger partial charge in [-0.05, 0) is 36.4 Å². The SMILES string of the molecule is COc1ccc(N=C[C@H]2C(=O)NC(=O)N(c3ccccc3F)C2=O)cc1. The summed E-state index contributed by atoms with van der Waals surface area (Å²) in [5, 5.41) is 2.04. The summed E-state index contributed by atoms with van der Waals surface area (Å²) in [6.45, 7) is 0. The molecule has 0 spiro atoms. The van der Waals surface area contributed by atoms with Crippen molar-refractivity contribution >= 4 is 35.4 Å². The summed E-state index contributed by atoms with van der Waals surface area (Å²) in [6.07, 6.45) is 1.12. The first-order valence-electron chi connectivity index (χ1n) is 7.63. The maximum absolute atomic E-state index is 14.0. The van der Waals surface area contributed by atoms with Crippen molar-refractivity contribution in [1.82, 2.24) is 5.32 Å². The highest BCUT2D eigenvalue weighted by Gasteiger charge is 2.41. The number of carbonyl (C=O) groups excluding carboxylic acids is 3. The summed E-state index contributed by atoms with van der Waals surface area (Å²) < 4.78 is 19.0. The number of anilines is 1. The molecule has 1 heterocycles. The van der Waals surface area contributed by atoms with Crippen LogP contribution < -0.4 is 15.0 Å². The normalized spacial score (nSPS) is 17.5. The maximum Gasteiger partial charge on any atom is 0.335 e. The Kier molecular flexibility index (Phi) is 4.74. The number of rotatable bonds is 4. The number of benzene rings is 2. The van der Waals surface area contributed by atoms with Gasteiger partial charge in [-0.3, -0.25) is 19.9 Å². The van der Waals surface area contributed by atoms with Crippen LogP contribution in [0, 0.1) is 11.7 Å². The van der Waals surface area contributed by atoms with Crippen LogP contribution in [0.1, 0.15) is 0 Å².